The minimum Gasteiger partial charge on any atom is -0.383 e. The molecule has 2 aromatic rings. The molecular formula is C15H18FN3OS. The number of nitrogens with one attached hydrogen (secondary N) is 1. The van der Waals surface area contributed by atoms with Crippen molar-refractivity contribution in [3.63, 3.8) is 0 Å². The summed E-state index contributed by atoms with van der Waals surface area (Å²) in [6.07, 6.45) is 1.73. The van der Waals surface area contributed by atoms with Gasteiger partial charge in [0.25, 0.3) is 0 Å². The maximum atomic E-state index is 13.4. The Morgan fingerprint density at radius 2 is 2.19 bits per heavy atom. The Morgan fingerprint density at radius 1 is 1.33 bits per heavy atom. The maximum Gasteiger partial charge on any atom is 0.192 e. The minimum atomic E-state index is -0.243. The van der Waals surface area contributed by atoms with Crippen LogP contribution in [0.4, 0.5) is 4.39 Å². The van der Waals surface area contributed by atoms with E-state index < -0.39 is 0 Å². The molecule has 1 aromatic heterocycles. The van der Waals surface area contributed by atoms with Gasteiger partial charge in [-0.15, -0.1) is 0 Å². The molecule has 0 saturated carbocycles. The maximum absolute atomic E-state index is 13.4. The standard InChI is InChI=1S/C15H18FN3OS/c1-11-5-6-18-15(19-11)21-14-4-3-13(16)9-12(14)10-17-7-8-20-2/h3-6,9,17H,7-8,10H2,1-2H3. The molecule has 0 aliphatic carbocycles. The van der Waals surface area contributed by atoms with Crippen molar-refractivity contribution < 1.29 is 9.13 Å². The Bertz CT molecular complexity index is 595. The van der Waals surface area contributed by atoms with Crippen LogP contribution in [-0.2, 0) is 11.3 Å². The molecule has 4 nitrogen and oxygen atoms in total. The molecule has 21 heavy (non-hydrogen) atoms. The van der Waals surface area contributed by atoms with Gasteiger partial charge >= 0.3 is 0 Å². The summed E-state index contributed by atoms with van der Waals surface area (Å²) in [6, 6.07) is 6.61. The average molecular weight is 307 g/mol. The Kier molecular flexibility index (Phi) is 6.10. The highest BCUT2D eigenvalue weighted by Gasteiger charge is 2.08. The summed E-state index contributed by atoms with van der Waals surface area (Å²) in [6.45, 7) is 3.84. The van der Waals surface area contributed by atoms with Gasteiger partial charge in [-0.1, -0.05) is 0 Å². The van der Waals surface area contributed by atoms with E-state index in [2.05, 4.69) is 15.3 Å². The van der Waals surface area contributed by atoms with Gasteiger partial charge in [0.15, 0.2) is 5.16 Å². The normalized spacial score (nSPS) is 10.8. The number of hydrogen-bond donors (Lipinski definition) is 1. The topological polar surface area (TPSA) is 47.0 Å². The number of aromatic nitrogens is 2. The van der Waals surface area contributed by atoms with Crippen LogP contribution in [0, 0.1) is 12.7 Å². The van der Waals surface area contributed by atoms with E-state index in [1.807, 2.05) is 13.0 Å². The van der Waals surface area contributed by atoms with E-state index in [0.29, 0.717) is 18.3 Å². The van der Waals surface area contributed by atoms with Crippen LogP contribution in [-0.4, -0.2) is 30.2 Å². The number of ether oxygens (including phenoxy) is 1. The van der Waals surface area contributed by atoms with Crippen molar-refractivity contribution in [1.29, 1.82) is 0 Å². The quantitative estimate of drug-likeness (QED) is 0.629. The van der Waals surface area contributed by atoms with Crippen LogP contribution in [0.3, 0.4) is 0 Å². The molecule has 0 radical (unpaired) electrons. The number of rotatable bonds is 7. The van der Waals surface area contributed by atoms with Crippen molar-refractivity contribution in [3.05, 3.63) is 47.5 Å². The van der Waals surface area contributed by atoms with E-state index >= 15 is 0 Å². The van der Waals surface area contributed by atoms with Gasteiger partial charge in [-0.2, -0.15) is 0 Å². The molecule has 0 saturated heterocycles. The number of hydrogen-bond acceptors (Lipinski definition) is 5. The molecule has 2 rings (SSSR count). The average Bonchev–Trinajstić information content (AvgIpc) is 2.46. The predicted molar refractivity (Wildman–Crippen MR) is 80.9 cm³/mol. The van der Waals surface area contributed by atoms with E-state index in [1.54, 1.807) is 19.4 Å². The van der Waals surface area contributed by atoms with Crippen molar-refractivity contribution in [2.45, 2.75) is 23.5 Å². The van der Waals surface area contributed by atoms with Crippen LogP contribution in [0.2, 0.25) is 0 Å². The summed E-state index contributed by atoms with van der Waals surface area (Å²) < 4.78 is 18.4. The summed E-state index contributed by atoms with van der Waals surface area (Å²) in [7, 11) is 1.65. The van der Waals surface area contributed by atoms with E-state index in [9.17, 15) is 4.39 Å². The molecule has 1 heterocycles. The summed E-state index contributed by atoms with van der Waals surface area (Å²) in [5.41, 5.74) is 1.80. The second-order valence-corrected chi connectivity index (χ2v) is 5.51. The highest BCUT2D eigenvalue weighted by Crippen LogP contribution is 2.28. The van der Waals surface area contributed by atoms with Crippen LogP contribution in [0.15, 0.2) is 40.5 Å². The molecule has 112 valence electrons. The van der Waals surface area contributed by atoms with Crippen LogP contribution in [0.25, 0.3) is 0 Å². The van der Waals surface area contributed by atoms with Crippen molar-refractivity contribution >= 4 is 11.8 Å². The van der Waals surface area contributed by atoms with Gasteiger partial charge in [0.05, 0.1) is 6.61 Å². The third-order valence-corrected chi connectivity index (χ3v) is 3.79. The van der Waals surface area contributed by atoms with Crippen molar-refractivity contribution in [3.8, 4) is 0 Å². The smallest absolute Gasteiger partial charge is 0.192 e. The van der Waals surface area contributed by atoms with Crippen molar-refractivity contribution in [1.82, 2.24) is 15.3 Å². The molecule has 6 heteroatoms. The summed E-state index contributed by atoms with van der Waals surface area (Å²) >= 11 is 1.44. The second kappa shape index (κ2) is 8.07. The number of nitrogens with zero attached hydrogens (tertiary/aromatic N) is 2. The molecule has 0 amide bonds. The first-order valence-corrected chi connectivity index (χ1v) is 7.46. The number of methoxy groups -OCH3 is 1. The highest BCUT2D eigenvalue weighted by molar-refractivity contribution is 7.99. The van der Waals surface area contributed by atoms with E-state index in [4.69, 9.17) is 4.74 Å². The van der Waals surface area contributed by atoms with E-state index in [1.165, 1.54) is 23.9 Å². The van der Waals surface area contributed by atoms with Gasteiger partial charge in [-0.25, -0.2) is 14.4 Å². The highest BCUT2D eigenvalue weighted by atomic mass is 32.2. The lowest BCUT2D eigenvalue weighted by Crippen LogP contribution is -2.19. The Labute approximate surface area is 128 Å². The zero-order valence-corrected chi connectivity index (χ0v) is 12.9. The molecule has 0 bridgehead atoms. The van der Waals surface area contributed by atoms with Crippen molar-refractivity contribution in [2.24, 2.45) is 0 Å². The Morgan fingerprint density at radius 3 is 2.95 bits per heavy atom. The lowest BCUT2D eigenvalue weighted by atomic mass is 10.2. The van der Waals surface area contributed by atoms with Gasteiger partial charge in [0.2, 0.25) is 0 Å². The minimum absolute atomic E-state index is 0.243. The first kappa shape index (κ1) is 15.9. The first-order valence-electron chi connectivity index (χ1n) is 6.64. The van der Waals surface area contributed by atoms with Crippen LogP contribution < -0.4 is 5.32 Å². The molecule has 0 atom stereocenters. The third-order valence-electron chi connectivity index (χ3n) is 2.79. The SMILES string of the molecule is COCCNCc1cc(F)ccc1Sc1nccc(C)n1. The molecule has 0 unspecified atom stereocenters. The Balaban J connectivity index is 2.10. The molecule has 1 N–H and O–H groups in total. The fourth-order valence-electron chi connectivity index (χ4n) is 1.76. The molecule has 1 aromatic carbocycles. The van der Waals surface area contributed by atoms with Gasteiger partial charge in [-0.05, 0) is 48.5 Å². The van der Waals surface area contributed by atoms with Crippen LogP contribution in [0.1, 0.15) is 11.3 Å². The number of aryl methyl sites for hydroxylation is 1. The molecule has 0 spiro atoms. The first-order chi connectivity index (χ1) is 10.2. The van der Waals surface area contributed by atoms with Crippen LogP contribution in [0.5, 0.6) is 0 Å². The molecule has 0 aliphatic heterocycles. The lowest BCUT2D eigenvalue weighted by molar-refractivity contribution is 0.199. The van der Waals surface area contributed by atoms with Crippen LogP contribution >= 0.6 is 11.8 Å². The molecule has 0 aliphatic rings. The summed E-state index contributed by atoms with van der Waals surface area (Å²) in [4.78, 5) is 9.54. The monoisotopic (exact) mass is 307 g/mol. The summed E-state index contributed by atoms with van der Waals surface area (Å²) in [5.74, 6) is -0.243. The molecular weight excluding hydrogens is 289 g/mol. The Hall–Kier alpha value is -1.50. The van der Waals surface area contributed by atoms with Gasteiger partial charge in [-0.3, -0.25) is 0 Å². The fraction of sp³-hybridized carbons (Fsp3) is 0.333. The number of benzene rings is 1. The van der Waals surface area contributed by atoms with E-state index in [-0.39, 0.29) is 5.82 Å². The van der Waals surface area contributed by atoms with E-state index in [0.717, 1.165) is 22.7 Å². The van der Waals surface area contributed by atoms with Crippen molar-refractivity contribution in [2.75, 3.05) is 20.3 Å². The molecule has 0 fully saturated rings. The third kappa shape index (κ3) is 5.08. The van der Waals surface area contributed by atoms with Gasteiger partial charge in [0.1, 0.15) is 5.82 Å². The second-order valence-electron chi connectivity index (χ2n) is 4.50. The lowest BCUT2D eigenvalue weighted by Gasteiger charge is -2.10. The van der Waals surface area contributed by atoms with Gasteiger partial charge < -0.3 is 10.1 Å². The van der Waals surface area contributed by atoms with Gasteiger partial charge in [0, 0.05) is 37.0 Å². The zero-order chi connectivity index (χ0) is 15.1. The summed E-state index contributed by atoms with van der Waals surface area (Å²) in [5, 5.41) is 3.89. The number of halogens is 1. The fourth-order valence-corrected chi connectivity index (χ4v) is 2.65. The largest absolute Gasteiger partial charge is 0.383 e. The zero-order valence-electron chi connectivity index (χ0n) is 12.1. The predicted octanol–water partition coefficient (Wildman–Crippen LogP) is 2.81.